The number of hydrogen-bond acceptors (Lipinski definition) is 3. The zero-order valence-electron chi connectivity index (χ0n) is 12.1. The fourth-order valence-electron chi connectivity index (χ4n) is 2.01. The normalized spacial score (nSPS) is 13.6. The Morgan fingerprint density at radius 3 is 2.65 bits per heavy atom. The van der Waals surface area contributed by atoms with E-state index in [1.54, 1.807) is 30.8 Å². The zero-order valence-corrected chi connectivity index (χ0v) is 12.9. The van der Waals surface area contributed by atoms with Crippen molar-refractivity contribution in [1.29, 1.82) is 0 Å². The molecule has 1 amide bonds. The summed E-state index contributed by atoms with van der Waals surface area (Å²) in [6.45, 7) is 3.44. The lowest BCUT2D eigenvalue weighted by Crippen LogP contribution is -2.52. The molecule has 0 saturated heterocycles. The van der Waals surface area contributed by atoms with E-state index in [4.69, 9.17) is 0 Å². The summed E-state index contributed by atoms with van der Waals surface area (Å²) in [4.78, 5) is 23.5. The molecule has 5 heteroatoms. The van der Waals surface area contributed by atoms with Crippen LogP contribution in [0.3, 0.4) is 0 Å². The number of carbonyl (C=O) groups excluding carboxylic acids is 1. The van der Waals surface area contributed by atoms with E-state index in [1.807, 2.05) is 25.3 Å². The predicted molar refractivity (Wildman–Crippen MR) is 82.1 cm³/mol. The average molecular weight is 295 g/mol. The minimum absolute atomic E-state index is 0.341. The van der Waals surface area contributed by atoms with Crippen molar-refractivity contribution in [3.8, 4) is 0 Å². The van der Waals surface area contributed by atoms with E-state index in [2.05, 4.69) is 5.32 Å². The van der Waals surface area contributed by atoms with Crippen LogP contribution in [0.15, 0.2) is 24.3 Å². The molecule has 110 valence electrons. The first kappa shape index (κ1) is 16.6. The lowest BCUT2D eigenvalue weighted by atomic mass is 9.95. The molecule has 0 heterocycles. The molecule has 0 spiro atoms. The Morgan fingerprint density at radius 1 is 1.40 bits per heavy atom. The lowest BCUT2D eigenvalue weighted by Gasteiger charge is -2.25. The van der Waals surface area contributed by atoms with Gasteiger partial charge in [-0.05, 0) is 37.3 Å². The van der Waals surface area contributed by atoms with Gasteiger partial charge in [0.2, 0.25) is 0 Å². The van der Waals surface area contributed by atoms with E-state index in [9.17, 15) is 14.7 Å². The highest BCUT2D eigenvalue weighted by molar-refractivity contribution is 7.97. The van der Waals surface area contributed by atoms with Crippen LogP contribution in [-0.4, -0.2) is 28.8 Å². The van der Waals surface area contributed by atoms with Crippen molar-refractivity contribution in [2.24, 2.45) is 0 Å². The van der Waals surface area contributed by atoms with Crippen molar-refractivity contribution in [3.05, 3.63) is 35.4 Å². The molecule has 4 nitrogen and oxygen atoms in total. The second kappa shape index (κ2) is 7.33. The van der Waals surface area contributed by atoms with E-state index in [0.29, 0.717) is 18.4 Å². The quantitative estimate of drug-likeness (QED) is 0.811. The molecule has 1 unspecified atom stereocenters. The number of carboxylic acids is 1. The Bertz CT molecular complexity index is 490. The molecular weight excluding hydrogens is 274 g/mol. The number of amides is 1. The van der Waals surface area contributed by atoms with Gasteiger partial charge in [-0.2, -0.15) is 11.8 Å². The molecule has 0 aliphatic carbocycles. The summed E-state index contributed by atoms with van der Waals surface area (Å²) in [7, 11) is 0. The number of carbonyl (C=O) groups is 2. The van der Waals surface area contributed by atoms with E-state index in [0.717, 1.165) is 11.3 Å². The van der Waals surface area contributed by atoms with Gasteiger partial charge >= 0.3 is 5.97 Å². The second-order valence-corrected chi connectivity index (χ2v) is 5.84. The molecule has 0 aromatic heterocycles. The van der Waals surface area contributed by atoms with Crippen LogP contribution in [0.25, 0.3) is 0 Å². The monoisotopic (exact) mass is 295 g/mol. The highest BCUT2D eigenvalue weighted by Gasteiger charge is 2.34. The number of benzene rings is 1. The summed E-state index contributed by atoms with van der Waals surface area (Å²) >= 11 is 1.68. The third kappa shape index (κ3) is 4.27. The average Bonchev–Trinajstić information content (AvgIpc) is 2.39. The first-order valence-corrected chi connectivity index (χ1v) is 7.96. The largest absolute Gasteiger partial charge is 0.480 e. The summed E-state index contributed by atoms with van der Waals surface area (Å²) in [6, 6.07) is 7.28. The third-order valence-corrected chi connectivity index (χ3v) is 3.73. The van der Waals surface area contributed by atoms with Crippen LogP contribution in [0.4, 0.5) is 0 Å². The molecule has 0 saturated carbocycles. The van der Waals surface area contributed by atoms with Gasteiger partial charge in [0.1, 0.15) is 5.54 Å². The first-order valence-electron chi connectivity index (χ1n) is 6.56. The number of hydrogen-bond donors (Lipinski definition) is 2. The Hall–Kier alpha value is -1.49. The van der Waals surface area contributed by atoms with E-state index in [1.165, 1.54) is 0 Å². The number of thioether (sulfide) groups is 1. The maximum atomic E-state index is 12.2. The van der Waals surface area contributed by atoms with Crippen molar-refractivity contribution in [2.45, 2.75) is 38.0 Å². The number of rotatable bonds is 7. The van der Waals surface area contributed by atoms with Gasteiger partial charge in [0.05, 0.1) is 0 Å². The van der Waals surface area contributed by atoms with Gasteiger partial charge in [0, 0.05) is 11.3 Å². The Kier molecular flexibility index (Phi) is 6.07. The third-order valence-electron chi connectivity index (χ3n) is 3.11. The number of carboxylic acid groups (broad SMARTS) is 1. The second-order valence-electron chi connectivity index (χ2n) is 4.97. The molecule has 1 aromatic carbocycles. The van der Waals surface area contributed by atoms with Crippen molar-refractivity contribution in [1.82, 2.24) is 5.32 Å². The van der Waals surface area contributed by atoms with Crippen LogP contribution >= 0.6 is 11.8 Å². The van der Waals surface area contributed by atoms with E-state index in [-0.39, 0.29) is 5.91 Å². The Balaban J connectivity index is 2.89. The minimum atomic E-state index is -1.22. The molecule has 0 aliphatic heterocycles. The van der Waals surface area contributed by atoms with Gasteiger partial charge in [-0.25, -0.2) is 4.79 Å². The molecule has 20 heavy (non-hydrogen) atoms. The van der Waals surface area contributed by atoms with Crippen LogP contribution in [0.5, 0.6) is 0 Å². The van der Waals surface area contributed by atoms with E-state index >= 15 is 0 Å². The summed E-state index contributed by atoms with van der Waals surface area (Å²) in [6.07, 6.45) is 3.09. The molecule has 0 fully saturated rings. The summed E-state index contributed by atoms with van der Waals surface area (Å²) in [5, 5.41) is 11.9. The minimum Gasteiger partial charge on any atom is -0.480 e. The maximum Gasteiger partial charge on any atom is 0.329 e. The molecule has 0 aliphatic rings. The molecule has 0 radical (unpaired) electrons. The van der Waals surface area contributed by atoms with Gasteiger partial charge in [-0.3, -0.25) is 4.79 Å². The standard InChI is InChI=1S/C15H21NO3S/c1-4-8-15(2,14(18)19)16-13(17)12-7-5-6-11(9-12)10-20-3/h5-7,9H,4,8,10H2,1-3H3,(H,16,17)(H,18,19). The Morgan fingerprint density at radius 2 is 2.10 bits per heavy atom. The maximum absolute atomic E-state index is 12.2. The van der Waals surface area contributed by atoms with Crippen molar-refractivity contribution in [3.63, 3.8) is 0 Å². The van der Waals surface area contributed by atoms with Gasteiger partial charge in [-0.15, -0.1) is 0 Å². The predicted octanol–water partition coefficient (Wildman–Crippen LogP) is 2.92. The Labute approximate surface area is 124 Å². The van der Waals surface area contributed by atoms with Crippen LogP contribution < -0.4 is 5.32 Å². The number of aliphatic carboxylic acids is 1. The molecular formula is C15H21NO3S. The van der Waals surface area contributed by atoms with Crippen LogP contribution in [0, 0.1) is 0 Å². The first-order chi connectivity index (χ1) is 9.42. The molecule has 1 rings (SSSR count). The topological polar surface area (TPSA) is 66.4 Å². The molecule has 1 atom stereocenters. The summed E-state index contributed by atoms with van der Waals surface area (Å²) in [5.74, 6) is -0.522. The SMILES string of the molecule is CCCC(C)(NC(=O)c1cccc(CSC)c1)C(=O)O. The lowest BCUT2D eigenvalue weighted by molar-refractivity contribution is -0.144. The van der Waals surface area contributed by atoms with Gasteiger partial charge < -0.3 is 10.4 Å². The highest BCUT2D eigenvalue weighted by atomic mass is 32.2. The number of nitrogens with one attached hydrogen (secondary N) is 1. The smallest absolute Gasteiger partial charge is 0.329 e. The fourth-order valence-corrected chi connectivity index (χ4v) is 2.53. The molecule has 2 N–H and O–H groups in total. The molecule has 1 aromatic rings. The van der Waals surface area contributed by atoms with Gasteiger partial charge in [0.15, 0.2) is 0 Å². The zero-order chi connectivity index (χ0) is 15.2. The van der Waals surface area contributed by atoms with Crippen LogP contribution in [0.2, 0.25) is 0 Å². The van der Waals surface area contributed by atoms with Crippen molar-refractivity contribution >= 4 is 23.6 Å². The van der Waals surface area contributed by atoms with Gasteiger partial charge in [-0.1, -0.05) is 25.5 Å². The highest BCUT2D eigenvalue weighted by Crippen LogP contribution is 2.16. The fraction of sp³-hybridized carbons (Fsp3) is 0.467. The molecule has 0 bridgehead atoms. The van der Waals surface area contributed by atoms with Crippen molar-refractivity contribution < 1.29 is 14.7 Å². The van der Waals surface area contributed by atoms with Gasteiger partial charge in [0.25, 0.3) is 5.91 Å². The summed E-state index contributed by atoms with van der Waals surface area (Å²) < 4.78 is 0. The summed E-state index contributed by atoms with van der Waals surface area (Å²) in [5.41, 5.74) is 0.333. The van der Waals surface area contributed by atoms with Crippen LogP contribution in [-0.2, 0) is 10.5 Å². The van der Waals surface area contributed by atoms with Crippen LogP contribution in [0.1, 0.15) is 42.6 Å². The van der Waals surface area contributed by atoms with Crippen molar-refractivity contribution in [2.75, 3.05) is 6.26 Å². The van der Waals surface area contributed by atoms with E-state index < -0.39 is 11.5 Å².